The monoisotopic (exact) mass is 214 g/mol. The van der Waals surface area contributed by atoms with E-state index in [1.165, 1.54) is 18.4 Å². The van der Waals surface area contributed by atoms with Crippen LogP contribution in [0.1, 0.15) is 33.6 Å². The summed E-state index contributed by atoms with van der Waals surface area (Å²) < 4.78 is 11.9. The molecular weight excluding hydrogens is 192 g/mol. The van der Waals surface area contributed by atoms with Gasteiger partial charge in [0.05, 0.1) is 0 Å². The van der Waals surface area contributed by atoms with E-state index in [1.54, 1.807) is 0 Å². The topological polar surface area (TPSA) is 18.5 Å². The molecule has 0 amide bonds. The molecule has 0 radical (unpaired) electrons. The van der Waals surface area contributed by atoms with Crippen molar-refractivity contribution in [2.75, 3.05) is 13.2 Å². The summed E-state index contributed by atoms with van der Waals surface area (Å²) in [7, 11) is -1.92. The maximum Gasteiger partial charge on any atom is 0.345 e. The molecule has 0 N–H and O–H groups in total. The number of hydrogen-bond donors (Lipinski definition) is 0. The van der Waals surface area contributed by atoms with Crippen molar-refractivity contribution in [2.45, 2.75) is 45.2 Å². The predicted molar refractivity (Wildman–Crippen MR) is 61.6 cm³/mol. The summed E-state index contributed by atoms with van der Waals surface area (Å²) in [6.07, 6.45) is 2.58. The first-order valence-corrected chi connectivity index (χ1v) is 7.67. The molecule has 0 saturated heterocycles. The Bertz CT molecular complexity index is 193. The highest BCUT2D eigenvalue weighted by Gasteiger charge is 2.51. The summed E-state index contributed by atoms with van der Waals surface area (Å²) in [4.78, 5) is 0. The molecule has 0 aromatic rings. The Morgan fingerprint density at radius 3 is 2.07 bits per heavy atom. The van der Waals surface area contributed by atoms with Crippen LogP contribution in [-0.2, 0) is 8.85 Å². The first-order chi connectivity index (χ1) is 6.64. The van der Waals surface area contributed by atoms with Crippen molar-refractivity contribution in [1.29, 1.82) is 0 Å². The molecule has 0 aromatic heterocycles. The molecule has 82 valence electrons. The molecule has 1 aliphatic carbocycles. The molecule has 0 heterocycles. The minimum absolute atomic E-state index is 0.721. The summed E-state index contributed by atoms with van der Waals surface area (Å²) in [6, 6.07) is 0.972. The quantitative estimate of drug-likeness (QED) is 0.478. The van der Waals surface area contributed by atoms with E-state index in [2.05, 4.69) is 27.4 Å². The van der Waals surface area contributed by atoms with Crippen molar-refractivity contribution in [3.05, 3.63) is 12.2 Å². The van der Waals surface area contributed by atoms with Crippen molar-refractivity contribution in [3.8, 4) is 0 Å². The minimum atomic E-state index is -1.92. The van der Waals surface area contributed by atoms with E-state index in [0.717, 1.165) is 24.8 Å². The Kier molecular flexibility index (Phi) is 4.35. The van der Waals surface area contributed by atoms with Crippen molar-refractivity contribution < 1.29 is 8.85 Å². The van der Waals surface area contributed by atoms with Gasteiger partial charge in [0.15, 0.2) is 0 Å². The highest BCUT2D eigenvalue weighted by atomic mass is 28.4. The number of hydrogen-bond acceptors (Lipinski definition) is 2. The summed E-state index contributed by atoms with van der Waals surface area (Å²) in [5, 5.41) is 0. The van der Waals surface area contributed by atoms with Gasteiger partial charge in [-0.15, -0.1) is 6.58 Å². The van der Waals surface area contributed by atoms with E-state index < -0.39 is 8.56 Å². The third kappa shape index (κ3) is 2.94. The molecule has 3 heteroatoms. The maximum atomic E-state index is 5.96. The van der Waals surface area contributed by atoms with Gasteiger partial charge < -0.3 is 8.85 Å². The van der Waals surface area contributed by atoms with E-state index in [4.69, 9.17) is 8.85 Å². The Labute approximate surface area is 88.5 Å². The highest BCUT2D eigenvalue weighted by molar-refractivity contribution is 6.70. The van der Waals surface area contributed by atoms with E-state index in [0.29, 0.717) is 0 Å². The van der Waals surface area contributed by atoms with E-state index in [1.807, 2.05) is 0 Å². The second kappa shape index (κ2) is 5.10. The summed E-state index contributed by atoms with van der Waals surface area (Å²) in [6.45, 7) is 11.7. The second-order valence-electron chi connectivity index (χ2n) is 4.09. The SMILES string of the molecule is C=C(C)C[Si](OCC)(OCC)C1CC1. The molecule has 0 unspecified atom stereocenters. The van der Waals surface area contributed by atoms with Gasteiger partial charge in [0.2, 0.25) is 0 Å². The molecule has 14 heavy (non-hydrogen) atoms. The molecule has 1 aliphatic rings. The lowest BCUT2D eigenvalue weighted by molar-refractivity contribution is 0.183. The van der Waals surface area contributed by atoms with Crippen LogP contribution in [0.25, 0.3) is 0 Å². The molecule has 1 saturated carbocycles. The Hall–Kier alpha value is -0.123. The first kappa shape index (κ1) is 11.9. The third-order valence-electron chi connectivity index (χ3n) is 2.52. The lowest BCUT2D eigenvalue weighted by atomic mass is 10.4. The molecule has 0 bridgehead atoms. The van der Waals surface area contributed by atoms with Crippen LogP contribution in [-0.4, -0.2) is 21.8 Å². The number of rotatable bonds is 7. The van der Waals surface area contributed by atoms with Gasteiger partial charge in [0.1, 0.15) is 0 Å². The summed E-state index contributed by atoms with van der Waals surface area (Å²) >= 11 is 0. The van der Waals surface area contributed by atoms with Gasteiger partial charge in [-0.3, -0.25) is 0 Å². The van der Waals surface area contributed by atoms with Crippen LogP contribution in [0.4, 0.5) is 0 Å². The first-order valence-electron chi connectivity index (χ1n) is 5.57. The second-order valence-corrected chi connectivity index (χ2v) is 7.46. The molecular formula is C11H22O2Si. The van der Waals surface area contributed by atoms with Crippen LogP contribution >= 0.6 is 0 Å². The lowest BCUT2D eigenvalue weighted by Gasteiger charge is -2.30. The Balaban J connectivity index is 2.66. The molecule has 2 nitrogen and oxygen atoms in total. The van der Waals surface area contributed by atoms with Gasteiger partial charge >= 0.3 is 8.56 Å². The van der Waals surface area contributed by atoms with Gasteiger partial charge in [0.25, 0.3) is 0 Å². The normalized spacial score (nSPS) is 17.1. The largest absolute Gasteiger partial charge is 0.394 e. The van der Waals surface area contributed by atoms with Crippen LogP contribution in [0, 0.1) is 0 Å². The minimum Gasteiger partial charge on any atom is -0.394 e. The fourth-order valence-electron chi connectivity index (χ4n) is 1.96. The van der Waals surface area contributed by atoms with Crippen LogP contribution in [0.15, 0.2) is 12.2 Å². The van der Waals surface area contributed by atoms with E-state index >= 15 is 0 Å². The van der Waals surface area contributed by atoms with Crippen molar-refractivity contribution >= 4 is 8.56 Å². The zero-order valence-electron chi connectivity index (χ0n) is 9.64. The summed E-state index contributed by atoms with van der Waals surface area (Å²) in [5.74, 6) is 0. The van der Waals surface area contributed by atoms with Crippen molar-refractivity contribution in [1.82, 2.24) is 0 Å². The van der Waals surface area contributed by atoms with Gasteiger partial charge in [-0.25, -0.2) is 0 Å². The van der Waals surface area contributed by atoms with E-state index in [9.17, 15) is 0 Å². The Morgan fingerprint density at radius 1 is 1.29 bits per heavy atom. The van der Waals surface area contributed by atoms with Crippen molar-refractivity contribution in [2.24, 2.45) is 0 Å². The zero-order chi connectivity index (χ0) is 10.6. The summed E-state index contributed by atoms with van der Waals surface area (Å²) in [5.41, 5.74) is 1.92. The van der Waals surface area contributed by atoms with Crippen LogP contribution < -0.4 is 0 Å². The maximum absolute atomic E-state index is 5.96. The molecule has 0 atom stereocenters. The van der Waals surface area contributed by atoms with Crippen molar-refractivity contribution in [3.63, 3.8) is 0 Å². The standard InChI is InChI=1S/C11H22O2Si/c1-5-12-14(13-6-2,9-10(3)4)11-7-8-11/h11H,3,5-9H2,1-2,4H3. The van der Waals surface area contributed by atoms with Crippen LogP contribution in [0.3, 0.4) is 0 Å². The smallest absolute Gasteiger partial charge is 0.345 e. The Morgan fingerprint density at radius 2 is 1.79 bits per heavy atom. The average molecular weight is 214 g/mol. The van der Waals surface area contributed by atoms with E-state index in [-0.39, 0.29) is 0 Å². The molecule has 0 aliphatic heterocycles. The zero-order valence-corrected chi connectivity index (χ0v) is 10.6. The highest BCUT2D eigenvalue weighted by Crippen LogP contribution is 2.48. The molecule has 1 rings (SSSR count). The number of allylic oxidation sites excluding steroid dienone is 1. The fraction of sp³-hybridized carbons (Fsp3) is 0.818. The van der Waals surface area contributed by atoms with Crippen LogP contribution in [0.2, 0.25) is 11.6 Å². The molecule has 0 aromatic carbocycles. The third-order valence-corrected chi connectivity index (χ3v) is 7.00. The van der Waals surface area contributed by atoms with Gasteiger partial charge in [-0.1, -0.05) is 5.57 Å². The molecule has 0 spiro atoms. The van der Waals surface area contributed by atoms with Gasteiger partial charge in [-0.2, -0.15) is 0 Å². The molecule has 1 fully saturated rings. The van der Waals surface area contributed by atoms with Crippen LogP contribution in [0.5, 0.6) is 0 Å². The predicted octanol–water partition coefficient (Wildman–Crippen LogP) is 3.24. The lowest BCUT2D eigenvalue weighted by Crippen LogP contribution is -2.43. The van der Waals surface area contributed by atoms with Gasteiger partial charge in [-0.05, 0) is 33.6 Å². The average Bonchev–Trinajstić information content (AvgIpc) is 2.85. The fourth-order valence-corrected chi connectivity index (χ4v) is 5.87. The van der Waals surface area contributed by atoms with Gasteiger partial charge in [0, 0.05) is 24.8 Å².